The van der Waals surface area contributed by atoms with Crippen molar-refractivity contribution >= 4 is 0 Å². The first-order valence-corrected chi connectivity index (χ1v) is 5.58. The van der Waals surface area contributed by atoms with Gasteiger partial charge in [0.05, 0.1) is 6.61 Å². The Labute approximate surface area is 97.2 Å². The highest BCUT2D eigenvalue weighted by atomic mass is 16.5. The van der Waals surface area contributed by atoms with Gasteiger partial charge in [-0.05, 0) is 18.8 Å². The fourth-order valence-corrected chi connectivity index (χ4v) is 1.19. The molecule has 0 amide bonds. The van der Waals surface area contributed by atoms with Crippen LogP contribution < -0.4 is 10.5 Å². The third-order valence-electron chi connectivity index (χ3n) is 2.36. The van der Waals surface area contributed by atoms with Gasteiger partial charge < -0.3 is 10.5 Å². The van der Waals surface area contributed by atoms with E-state index < -0.39 is 0 Å². The van der Waals surface area contributed by atoms with Gasteiger partial charge in [0.2, 0.25) is 0 Å². The highest BCUT2D eigenvalue weighted by molar-refractivity contribution is 5.17. The predicted molar refractivity (Wildman–Crippen MR) is 64.2 cm³/mol. The third kappa shape index (κ3) is 4.14. The molecular formula is C12H21N3O. The first-order chi connectivity index (χ1) is 7.42. The zero-order valence-electron chi connectivity index (χ0n) is 10.6. The minimum Gasteiger partial charge on any atom is -0.463 e. The maximum atomic E-state index is 5.54. The van der Waals surface area contributed by atoms with E-state index in [1.807, 2.05) is 6.92 Å². The van der Waals surface area contributed by atoms with Crippen LogP contribution in [-0.2, 0) is 6.54 Å². The molecule has 16 heavy (non-hydrogen) atoms. The minimum absolute atomic E-state index is 0.270. The fraction of sp³-hybridized carbons (Fsp3) is 0.667. The molecule has 4 nitrogen and oxygen atoms in total. The molecule has 0 unspecified atom stereocenters. The largest absolute Gasteiger partial charge is 0.463 e. The molecule has 1 aromatic heterocycles. The van der Waals surface area contributed by atoms with Gasteiger partial charge in [-0.15, -0.1) is 0 Å². The molecule has 0 fully saturated rings. The lowest BCUT2D eigenvalue weighted by Crippen LogP contribution is -2.12. The van der Waals surface area contributed by atoms with Crippen LogP contribution in [0.3, 0.4) is 0 Å². The van der Waals surface area contributed by atoms with Crippen molar-refractivity contribution in [1.82, 2.24) is 9.97 Å². The van der Waals surface area contributed by atoms with Gasteiger partial charge in [-0.2, -0.15) is 0 Å². The molecule has 0 bridgehead atoms. The number of hydrogen-bond acceptors (Lipinski definition) is 4. The summed E-state index contributed by atoms with van der Waals surface area (Å²) in [6.45, 7) is 9.57. The highest BCUT2D eigenvalue weighted by Gasteiger charge is 2.10. The summed E-state index contributed by atoms with van der Waals surface area (Å²) in [7, 11) is 0. The molecular weight excluding hydrogens is 202 g/mol. The summed E-state index contributed by atoms with van der Waals surface area (Å²) in [5, 5.41) is 0. The van der Waals surface area contributed by atoms with Crippen molar-refractivity contribution in [2.75, 3.05) is 6.61 Å². The van der Waals surface area contributed by atoms with Crippen molar-refractivity contribution in [3.05, 3.63) is 17.5 Å². The first kappa shape index (κ1) is 12.9. The summed E-state index contributed by atoms with van der Waals surface area (Å²) >= 11 is 0. The molecule has 0 saturated carbocycles. The van der Waals surface area contributed by atoms with Crippen LogP contribution >= 0.6 is 0 Å². The molecule has 0 aliphatic carbocycles. The maximum Gasteiger partial charge on any atom is 0.316 e. The normalized spacial score (nSPS) is 11.6. The van der Waals surface area contributed by atoms with Crippen molar-refractivity contribution in [1.29, 1.82) is 0 Å². The molecule has 2 N–H and O–H groups in total. The van der Waals surface area contributed by atoms with Crippen LogP contribution in [0.1, 0.15) is 38.4 Å². The number of rotatable bonds is 4. The van der Waals surface area contributed by atoms with Crippen molar-refractivity contribution in [2.45, 2.75) is 40.7 Å². The Morgan fingerprint density at radius 1 is 1.38 bits per heavy atom. The molecule has 0 atom stereocenters. The van der Waals surface area contributed by atoms with E-state index in [2.05, 4.69) is 30.7 Å². The van der Waals surface area contributed by atoms with Crippen molar-refractivity contribution < 1.29 is 4.74 Å². The average Bonchev–Trinajstić information content (AvgIpc) is 2.16. The molecule has 0 radical (unpaired) electrons. The number of ether oxygens (including phenoxy) is 1. The Morgan fingerprint density at radius 3 is 2.56 bits per heavy atom. The molecule has 1 aromatic rings. The maximum absolute atomic E-state index is 5.54. The summed E-state index contributed by atoms with van der Waals surface area (Å²) in [5.41, 5.74) is 7.66. The minimum atomic E-state index is 0.270. The zero-order chi connectivity index (χ0) is 12.2. The van der Waals surface area contributed by atoms with Gasteiger partial charge in [-0.1, -0.05) is 20.8 Å². The molecule has 1 heterocycles. The van der Waals surface area contributed by atoms with Gasteiger partial charge in [0, 0.05) is 24.0 Å². The van der Waals surface area contributed by atoms with Gasteiger partial charge in [0.25, 0.3) is 0 Å². The number of nitrogens with two attached hydrogens (primary N) is 1. The van der Waals surface area contributed by atoms with Crippen LogP contribution in [0.25, 0.3) is 0 Å². The van der Waals surface area contributed by atoms with Crippen LogP contribution in [-0.4, -0.2) is 16.6 Å². The predicted octanol–water partition coefficient (Wildman–Crippen LogP) is 2.06. The molecule has 0 aliphatic heterocycles. The van der Waals surface area contributed by atoms with Crippen LogP contribution in [0.5, 0.6) is 6.01 Å². The third-order valence-corrected chi connectivity index (χ3v) is 2.36. The second-order valence-electron chi connectivity index (χ2n) is 5.13. The monoisotopic (exact) mass is 223 g/mol. The second kappa shape index (κ2) is 5.25. The Kier molecular flexibility index (Phi) is 4.24. The number of hydrogen-bond donors (Lipinski definition) is 1. The lowest BCUT2D eigenvalue weighted by Gasteiger charge is -2.17. The van der Waals surface area contributed by atoms with Gasteiger partial charge in [-0.3, -0.25) is 0 Å². The van der Waals surface area contributed by atoms with Crippen LogP contribution in [0, 0.1) is 12.3 Å². The molecule has 0 saturated heterocycles. The average molecular weight is 223 g/mol. The Balaban J connectivity index is 2.52. The molecule has 0 aliphatic rings. The van der Waals surface area contributed by atoms with Crippen LogP contribution in [0.2, 0.25) is 0 Å². The molecule has 0 spiro atoms. The first-order valence-electron chi connectivity index (χ1n) is 5.58. The molecule has 1 rings (SSSR count). The van der Waals surface area contributed by atoms with E-state index in [4.69, 9.17) is 10.5 Å². The summed E-state index contributed by atoms with van der Waals surface area (Å²) < 4.78 is 5.50. The topological polar surface area (TPSA) is 61.0 Å². The summed E-state index contributed by atoms with van der Waals surface area (Å²) in [6.07, 6.45) is 2.71. The number of nitrogens with zero attached hydrogens (tertiary/aromatic N) is 2. The SMILES string of the molecule is Cc1nc(OCCC(C)(C)C)ncc1CN. The van der Waals surface area contributed by atoms with E-state index >= 15 is 0 Å². The van der Waals surface area contributed by atoms with E-state index in [0.717, 1.165) is 17.7 Å². The number of aromatic nitrogens is 2. The quantitative estimate of drug-likeness (QED) is 0.848. The lowest BCUT2D eigenvalue weighted by atomic mass is 9.93. The Hall–Kier alpha value is -1.16. The van der Waals surface area contributed by atoms with Gasteiger partial charge in [0.1, 0.15) is 0 Å². The highest BCUT2D eigenvalue weighted by Crippen LogP contribution is 2.18. The number of aryl methyl sites for hydroxylation is 1. The van der Waals surface area contributed by atoms with Crippen molar-refractivity contribution in [3.8, 4) is 6.01 Å². The van der Waals surface area contributed by atoms with E-state index in [9.17, 15) is 0 Å². The molecule has 4 heteroatoms. The lowest BCUT2D eigenvalue weighted by molar-refractivity contribution is 0.228. The molecule has 90 valence electrons. The Morgan fingerprint density at radius 2 is 2.06 bits per heavy atom. The second-order valence-corrected chi connectivity index (χ2v) is 5.13. The fourth-order valence-electron chi connectivity index (χ4n) is 1.19. The van der Waals surface area contributed by atoms with Crippen molar-refractivity contribution in [3.63, 3.8) is 0 Å². The molecule has 0 aromatic carbocycles. The zero-order valence-corrected chi connectivity index (χ0v) is 10.6. The Bertz CT molecular complexity index is 345. The van der Waals surface area contributed by atoms with Crippen molar-refractivity contribution in [2.24, 2.45) is 11.1 Å². The van der Waals surface area contributed by atoms with E-state index in [1.54, 1.807) is 6.20 Å². The summed E-state index contributed by atoms with van der Waals surface area (Å²) in [6, 6.07) is 0.443. The van der Waals surface area contributed by atoms with E-state index in [0.29, 0.717) is 19.2 Å². The van der Waals surface area contributed by atoms with Gasteiger partial charge in [0.15, 0.2) is 0 Å². The van der Waals surface area contributed by atoms with E-state index in [-0.39, 0.29) is 5.41 Å². The van der Waals surface area contributed by atoms with Crippen LogP contribution in [0.4, 0.5) is 0 Å². The summed E-state index contributed by atoms with van der Waals surface area (Å²) in [5.74, 6) is 0. The summed E-state index contributed by atoms with van der Waals surface area (Å²) in [4.78, 5) is 8.37. The van der Waals surface area contributed by atoms with Gasteiger partial charge >= 0.3 is 6.01 Å². The van der Waals surface area contributed by atoms with E-state index in [1.165, 1.54) is 0 Å². The van der Waals surface area contributed by atoms with Crippen LogP contribution in [0.15, 0.2) is 6.20 Å². The smallest absolute Gasteiger partial charge is 0.316 e. The van der Waals surface area contributed by atoms with Gasteiger partial charge in [-0.25, -0.2) is 9.97 Å². The standard InChI is InChI=1S/C12H21N3O/c1-9-10(7-13)8-14-11(15-9)16-6-5-12(2,3)4/h8H,5-7,13H2,1-4H3.